The molecule has 0 unspecified atom stereocenters. The molecule has 1 aromatic heterocycles. The second-order valence-corrected chi connectivity index (χ2v) is 9.14. The molecule has 178 valence electrons. The van der Waals surface area contributed by atoms with Crippen LogP contribution in [-0.4, -0.2) is 66.8 Å². The summed E-state index contributed by atoms with van der Waals surface area (Å²) in [5.74, 6) is 1.55. The van der Waals surface area contributed by atoms with Gasteiger partial charge in [-0.25, -0.2) is 0 Å². The molecule has 1 amide bonds. The minimum Gasteiger partial charge on any atom is -0.497 e. The van der Waals surface area contributed by atoms with Crippen LogP contribution in [0.5, 0.6) is 11.5 Å². The monoisotopic (exact) mass is 470 g/mol. The largest absolute Gasteiger partial charge is 0.497 e. The molecule has 0 aliphatic carbocycles. The lowest BCUT2D eigenvalue weighted by Gasteiger charge is -2.37. The maximum Gasteiger partial charge on any atom is 0.237 e. The van der Waals surface area contributed by atoms with Crippen LogP contribution >= 0.6 is 11.3 Å². The van der Waals surface area contributed by atoms with Gasteiger partial charge >= 0.3 is 0 Å². The second kappa shape index (κ2) is 12.6. The number of allylic oxidation sites excluding steroid dienone is 1. The number of aliphatic hydroxyl groups excluding tert-OH is 1. The Kier molecular flexibility index (Phi) is 9.54. The van der Waals surface area contributed by atoms with E-state index in [1.165, 1.54) is 4.88 Å². The van der Waals surface area contributed by atoms with Gasteiger partial charge in [-0.1, -0.05) is 12.2 Å². The third-order valence-electron chi connectivity index (χ3n) is 5.80. The van der Waals surface area contributed by atoms with Gasteiger partial charge in [0.25, 0.3) is 0 Å². The molecular weight excluding hydrogens is 436 g/mol. The topological polar surface area (TPSA) is 62.2 Å². The Morgan fingerprint density at radius 2 is 2.03 bits per heavy atom. The number of carbonyl (C=O) groups is 1. The molecule has 0 radical (unpaired) electrons. The van der Waals surface area contributed by atoms with Crippen LogP contribution in [0.4, 0.5) is 0 Å². The van der Waals surface area contributed by atoms with Crippen LogP contribution in [0.2, 0.25) is 0 Å². The van der Waals surface area contributed by atoms with E-state index in [4.69, 9.17) is 9.47 Å². The Morgan fingerprint density at radius 1 is 1.27 bits per heavy atom. The summed E-state index contributed by atoms with van der Waals surface area (Å²) in [6.07, 6.45) is 5.29. The van der Waals surface area contributed by atoms with E-state index in [1.807, 2.05) is 34.1 Å². The van der Waals surface area contributed by atoms with Crippen LogP contribution in [0.25, 0.3) is 0 Å². The van der Waals surface area contributed by atoms with E-state index in [2.05, 4.69) is 24.6 Å². The number of rotatable bonds is 13. The Labute approximate surface area is 200 Å². The normalized spacial score (nSPS) is 16.2. The van der Waals surface area contributed by atoms with Gasteiger partial charge in [-0.15, -0.1) is 24.5 Å². The molecule has 6 nitrogen and oxygen atoms in total. The Bertz CT molecular complexity index is 911. The first-order valence-corrected chi connectivity index (χ1v) is 12.2. The highest BCUT2D eigenvalue weighted by molar-refractivity contribution is 7.10. The van der Waals surface area contributed by atoms with E-state index >= 15 is 0 Å². The molecular formula is C26H34N2O4S. The van der Waals surface area contributed by atoms with E-state index < -0.39 is 6.10 Å². The first kappa shape index (κ1) is 25.0. The third kappa shape index (κ3) is 6.93. The number of aliphatic hydroxyl groups is 1. The highest BCUT2D eigenvalue weighted by atomic mass is 32.1. The van der Waals surface area contributed by atoms with Crippen molar-refractivity contribution in [2.45, 2.75) is 31.4 Å². The molecule has 1 aliphatic rings. The number of ether oxygens (including phenoxy) is 2. The lowest BCUT2D eigenvalue weighted by Crippen LogP contribution is -2.47. The minimum atomic E-state index is -0.505. The Balaban J connectivity index is 1.69. The summed E-state index contributed by atoms with van der Waals surface area (Å²) in [4.78, 5) is 18.6. The van der Waals surface area contributed by atoms with Gasteiger partial charge in [-0.2, -0.15) is 0 Å². The number of carbonyl (C=O) groups excluding carboxylic acids is 1. The van der Waals surface area contributed by atoms with Gasteiger partial charge in [-0.05, 0) is 60.5 Å². The molecule has 1 N–H and O–H groups in total. The van der Waals surface area contributed by atoms with E-state index in [-0.39, 0.29) is 18.5 Å². The van der Waals surface area contributed by atoms with Crippen LogP contribution in [0.15, 0.2) is 61.0 Å². The summed E-state index contributed by atoms with van der Waals surface area (Å²) in [5, 5.41) is 12.4. The zero-order chi connectivity index (χ0) is 23.6. The van der Waals surface area contributed by atoms with Crippen molar-refractivity contribution >= 4 is 17.2 Å². The number of hydrogen-bond acceptors (Lipinski definition) is 6. The second-order valence-electron chi connectivity index (χ2n) is 8.14. The molecule has 0 saturated carbocycles. The Hall–Kier alpha value is -2.61. The molecule has 2 heterocycles. The summed E-state index contributed by atoms with van der Waals surface area (Å²) in [5.41, 5.74) is 1.16. The highest BCUT2D eigenvalue weighted by Gasteiger charge is 2.33. The smallest absolute Gasteiger partial charge is 0.237 e. The molecule has 7 heteroatoms. The number of hydrogen-bond donors (Lipinski definition) is 1. The number of benzene rings is 1. The average molecular weight is 471 g/mol. The number of thiophene rings is 1. The van der Waals surface area contributed by atoms with E-state index in [1.54, 1.807) is 30.6 Å². The quantitative estimate of drug-likeness (QED) is 0.447. The first-order valence-electron chi connectivity index (χ1n) is 11.3. The van der Waals surface area contributed by atoms with Gasteiger partial charge in [0.2, 0.25) is 5.91 Å². The van der Waals surface area contributed by atoms with Crippen molar-refractivity contribution < 1.29 is 19.4 Å². The van der Waals surface area contributed by atoms with Crippen molar-refractivity contribution in [2.75, 3.05) is 39.9 Å². The SMILES string of the molecule is C=CCC[C@H](O)CN(CC=C)CC(=O)N1CCc2sccc2[C@@H]1COc1ccc(OC)cc1. The molecule has 1 aliphatic heterocycles. The molecule has 3 rings (SSSR count). The number of nitrogens with zero attached hydrogens (tertiary/aromatic N) is 2. The average Bonchev–Trinajstić information content (AvgIpc) is 3.30. The lowest BCUT2D eigenvalue weighted by molar-refractivity contribution is -0.136. The van der Waals surface area contributed by atoms with Crippen molar-refractivity contribution in [1.29, 1.82) is 0 Å². The Morgan fingerprint density at radius 3 is 2.73 bits per heavy atom. The molecule has 1 aromatic carbocycles. The van der Waals surface area contributed by atoms with Gasteiger partial charge in [0, 0.05) is 24.5 Å². The van der Waals surface area contributed by atoms with Crippen molar-refractivity contribution in [1.82, 2.24) is 9.80 Å². The maximum absolute atomic E-state index is 13.4. The molecule has 33 heavy (non-hydrogen) atoms. The van der Waals surface area contributed by atoms with Gasteiger partial charge in [0.05, 0.1) is 25.8 Å². The first-order chi connectivity index (χ1) is 16.0. The highest BCUT2D eigenvalue weighted by Crippen LogP contribution is 2.34. The van der Waals surface area contributed by atoms with Crippen molar-refractivity contribution in [3.8, 4) is 11.5 Å². The molecule has 2 atom stereocenters. The fourth-order valence-electron chi connectivity index (χ4n) is 4.09. The van der Waals surface area contributed by atoms with Crippen LogP contribution in [0, 0.1) is 0 Å². The minimum absolute atomic E-state index is 0.0351. The van der Waals surface area contributed by atoms with Gasteiger partial charge in [0.15, 0.2) is 0 Å². The summed E-state index contributed by atoms with van der Waals surface area (Å²) in [7, 11) is 1.63. The zero-order valence-electron chi connectivity index (χ0n) is 19.3. The summed E-state index contributed by atoms with van der Waals surface area (Å²) in [6, 6.07) is 9.42. The predicted octanol–water partition coefficient (Wildman–Crippen LogP) is 4.08. The summed E-state index contributed by atoms with van der Waals surface area (Å²) >= 11 is 1.73. The summed E-state index contributed by atoms with van der Waals surface area (Å²) < 4.78 is 11.3. The maximum atomic E-state index is 13.4. The number of methoxy groups -OCH3 is 1. The van der Waals surface area contributed by atoms with E-state index in [0.717, 1.165) is 29.9 Å². The molecule has 0 fully saturated rings. The fraction of sp³-hybridized carbons (Fsp3) is 0.423. The standard InChI is InChI=1S/C26H34N2O4S/c1-4-6-7-20(29)17-27(14-5-2)18-26(30)28-15-12-25-23(13-16-33-25)24(28)19-32-22-10-8-21(31-3)9-11-22/h4-5,8-11,13,16,20,24,29H,1-2,6-7,12,14-15,17-19H2,3H3/t20-,24-/m0/s1. The van der Waals surface area contributed by atoms with Crippen molar-refractivity contribution in [2.24, 2.45) is 0 Å². The van der Waals surface area contributed by atoms with Crippen LogP contribution in [-0.2, 0) is 11.2 Å². The predicted molar refractivity (Wildman–Crippen MR) is 133 cm³/mol. The van der Waals surface area contributed by atoms with Crippen LogP contribution < -0.4 is 9.47 Å². The van der Waals surface area contributed by atoms with Gasteiger partial charge < -0.3 is 19.5 Å². The van der Waals surface area contributed by atoms with Crippen LogP contribution in [0.3, 0.4) is 0 Å². The van der Waals surface area contributed by atoms with Crippen molar-refractivity contribution in [3.63, 3.8) is 0 Å². The number of fused-ring (bicyclic) bond motifs is 1. The van der Waals surface area contributed by atoms with E-state index in [9.17, 15) is 9.90 Å². The van der Waals surface area contributed by atoms with Gasteiger partial charge in [-0.3, -0.25) is 9.69 Å². The molecule has 0 bridgehead atoms. The molecule has 0 spiro atoms. The molecule has 0 saturated heterocycles. The fourth-order valence-corrected chi connectivity index (χ4v) is 5.02. The van der Waals surface area contributed by atoms with E-state index in [0.29, 0.717) is 32.7 Å². The third-order valence-corrected chi connectivity index (χ3v) is 6.80. The lowest BCUT2D eigenvalue weighted by atomic mass is 10.0. The van der Waals surface area contributed by atoms with Crippen LogP contribution in [0.1, 0.15) is 29.3 Å². The molecule has 2 aromatic rings. The zero-order valence-corrected chi connectivity index (χ0v) is 20.1. The van der Waals surface area contributed by atoms with Gasteiger partial charge in [0.1, 0.15) is 18.1 Å². The number of amides is 1. The summed E-state index contributed by atoms with van der Waals surface area (Å²) in [6.45, 7) is 9.76. The van der Waals surface area contributed by atoms with Crippen molar-refractivity contribution in [3.05, 3.63) is 71.5 Å².